The van der Waals surface area contributed by atoms with Crippen LogP contribution in [0.1, 0.15) is 12.8 Å². The van der Waals surface area contributed by atoms with E-state index in [1.807, 2.05) is 18.2 Å². The van der Waals surface area contributed by atoms with Gasteiger partial charge in [0.25, 0.3) is 0 Å². The van der Waals surface area contributed by atoms with Crippen molar-refractivity contribution in [3.8, 4) is 5.75 Å². The maximum Gasteiger partial charge on any atom is 0.115 e. The Kier molecular flexibility index (Phi) is 3.12. The Labute approximate surface area is 89.4 Å². The molecular weight excluding hydrogens is 190 g/mol. The molecule has 0 aromatic heterocycles. The molecule has 1 unspecified atom stereocenters. The zero-order valence-electron chi connectivity index (χ0n) is 8.52. The molecule has 0 bridgehead atoms. The van der Waals surface area contributed by atoms with Crippen molar-refractivity contribution in [2.75, 3.05) is 11.9 Å². The number of phenols is 1. The van der Waals surface area contributed by atoms with Gasteiger partial charge in [-0.1, -0.05) is 0 Å². The van der Waals surface area contributed by atoms with Crippen molar-refractivity contribution in [3.63, 3.8) is 0 Å². The first kappa shape index (κ1) is 9.90. The minimum Gasteiger partial charge on any atom is -0.508 e. The van der Waals surface area contributed by atoms with Gasteiger partial charge in [-0.15, -0.1) is 0 Å². The number of hydrogen-bond acceptors (Lipinski definition) is 3. The maximum atomic E-state index is 9.11. The van der Waals surface area contributed by atoms with E-state index in [1.165, 1.54) is 0 Å². The van der Waals surface area contributed by atoms with E-state index in [0.29, 0.717) is 0 Å². The largest absolute Gasteiger partial charge is 0.508 e. The number of anilines is 1. The molecule has 1 aromatic carbocycles. The summed E-state index contributed by atoms with van der Waals surface area (Å²) in [5.41, 5.74) is 1.01. The highest BCUT2D eigenvalue weighted by atomic mass is 16.5. The summed E-state index contributed by atoms with van der Waals surface area (Å²) >= 11 is 0. The predicted molar refractivity (Wildman–Crippen MR) is 59.8 cm³/mol. The highest BCUT2D eigenvalue weighted by molar-refractivity contribution is 5.45. The van der Waals surface area contributed by atoms with Crippen molar-refractivity contribution < 1.29 is 9.84 Å². The van der Waals surface area contributed by atoms with Gasteiger partial charge < -0.3 is 15.2 Å². The summed E-state index contributed by atoms with van der Waals surface area (Å²) in [7, 11) is 0. The van der Waals surface area contributed by atoms with E-state index in [9.17, 15) is 0 Å². The minimum atomic E-state index is 0.254. The van der Waals surface area contributed by atoms with E-state index in [2.05, 4.69) is 5.32 Å². The van der Waals surface area contributed by atoms with Gasteiger partial charge in [-0.25, -0.2) is 0 Å². The predicted octanol–water partition coefficient (Wildman–Crippen LogP) is 2.50. The molecule has 0 aliphatic carbocycles. The second-order valence-corrected chi connectivity index (χ2v) is 3.64. The van der Waals surface area contributed by atoms with E-state index >= 15 is 0 Å². The third-order valence-electron chi connectivity index (χ3n) is 2.42. The molecule has 2 rings (SSSR count). The fourth-order valence-corrected chi connectivity index (χ4v) is 1.55. The Morgan fingerprint density at radius 1 is 1.33 bits per heavy atom. The van der Waals surface area contributed by atoms with Gasteiger partial charge in [0.1, 0.15) is 11.9 Å². The number of allylic oxidation sites excluding steroid dienone is 1. The SMILES string of the molecule is Oc1ccc(NCC2CCC=CO2)cc1. The lowest BCUT2D eigenvalue weighted by Crippen LogP contribution is -2.22. The number of benzene rings is 1. The van der Waals surface area contributed by atoms with Gasteiger partial charge >= 0.3 is 0 Å². The van der Waals surface area contributed by atoms with Gasteiger partial charge in [0.05, 0.1) is 12.8 Å². The van der Waals surface area contributed by atoms with Crippen LogP contribution in [0.25, 0.3) is 0 Å². The van der Waals surface area contributed by atoms with E-state index in [0.717, 1.165) is 25.1 Å². The first-order chi connectivity index (χ1) is 7.34. The summed E-state index contributed by atoms with van der Waals surface area (Å²) in [6.07, 6.45) is 6.21. The fraction of sp³-hybridized carbons (Fsp3) is 0.333. The second kappa shape index (κ2) is 4.73. The Bertz CT molecular complexity index is 332. The van der Waals surface area contributed by atoms with Crippen molar-refractivity contribution in [2.24, 2.45) is 0 Å². The van der Waals surface area contributed by atoms with E-state index < -0.39 is 0 Å². The summed E-state index contributed by atoms with van der Waals surface area (Å²) in [6, 6.07) is 7.05. The summed E-state index contributed by atoms with van der Waals surface area (Å²) < 4.78 is 5.43. The Balaban J connectivity index is 1.82. The van der Waals surface area contributed by atoms with E-state index in [-0.39, 0.29) is 11.9 Å². The maximum absolute atomic E-state index is 9.11. The first-order valence-corrected chi connectivity index (χ1v) is 5.18. The van der Waals surface area contributed by atoms with Gasteiger partial charge in [-0.3, -0.25) is 0 Å². The molecule has 1 aliphatic rings. The Morgan fingerprint density at radius 2 is 2.13 bits per heavy atom. The molecule has 2 N–H and O–H groups in total. The molecule has 0 fully saturated rings. The molecule has 0 saturated carbocycles. The number of aromatic hydroxyl groups is 1. The zero-order valence-corrected chi connectivity index (χ0v) is 8.52. The highest BCUT2D eigenvalue weighted by Crippen LogP contribution is 2.15. The van der Waals surface area contributed by atoms with Crippen molar-refractivity contribution >= 4 is 5.69 Å². The van der Waals surface area contributed by atoms with Crippen LogP contribution < -0.4 is 5.32 Å². The van der Waals surface area contributed by atoms with Crippen LogP contribution in [0.15, 0.2) is 36.6 Å². The summed E-state index contributed by atoms with van der Waals surface area (Å²) in [4.78, 5) is 0. The lowest BCUT2D eigenvalue weighted by molar-refractivity contribution is 0.135. The first-order valence-electron chi connectivity index (χ1n) is 5.18. The van der Waals surface area contributed by atoms with Gasteiger partial charge in [0.15, 0.2) is 0 Å². The molecule has 1 heterocycles. The van der Waals surface area contributed by atoms with Crippen LogP contribution in [0.5, 0.6) is 5.75 Å². The summed E-state index contributed by atoms with van der Waals surface area (Å²) in [6.45, 7) is 0.801. The van der Waals surface area contributed by atoms with E-state index in [4.69, 9.17) is 9.84 Å². The Morgan fingerprint density at radius 3 is 2.80 bits per heavy atom. The molecule has 1 aliphatic heterocycles. The van der Waals surface area contributed by atoms with Crippen LogP contribution in [-0.4, -0.2) is 17.8 Å². The third-order valence-corrected chi connectivity index (χ3v) is 2.42. The van der Waals surface area contributed by atoms with Crippen molar-refractivity contribution in [3.05, 3.63) is 36.6 Å². The molecule has 0 amide bonds. The molecular formula is C12H15NO2. The molecule has 3 heteroatoms. The van der Waals surface area contributed by atoms with Gasteiger partial charge in [0.2, 0.25) is 0 Å². The van der Waals surface area contributed by atoms with Crippen LogP contribution in [0.2, 0.25) is 0 Å². The number of ether oxygens (including phenoxy) is 1. The van der Waals surface area contributed by atoms with Crippen LogP contribution in [0.3, 0.4) is 0 Å². The van der Waals surface area contributed by atoms with Gasteiger partial charge in [-0.05, 0) is 43.2 Å². The summed E-state index contributed by atoms with van der Waals surface area (Å²) in [5, 5.41) is 12.4. The van der Waals surface area contributed by atoms with Crippen LogP contribution >= 0.6 is 0 Å². The number of hydrogen-bond donors (Lipinski definition) is 2. The molecule has 0 spiro atoms. The lowest BCUT2D eigenvalue weighted by atomic mass is 10.1. The van der Waals surface area contributed by atoms with Crippen LogP contribution in [-0.2, 0) is 4.74 Å². The van der Waals surface area contributed by atoms with Crippen molar-refractivity contribution in [1.82, 2.24) is 0 Å². The average Bonchev–Trinajstić information content (AvgIpc) is 2.30. The van der Waals surface area contributed by atoms with Gasteiger partial charge in [0, 0.05) is 5.69 Å². The van der Waals surface area contributed by atoms with Crippen LogP contribution in [0.4, 0.5) is 5.69 Å². The third kappa shape index (κ3) is 2.91. The van der Waals surface area contributed by atoms with Crippen molar-refractivity contribution in [2.45, 2.75) is 18.9 Å². The standard InChI is InChI=1S/C12H15NO2/c14-11-6-4-10(5-7-11)13-9-12-3-1-2-8-15-12/h2,4-8,12-14H,1,3,9H2. The minimum absolute atomic E-state index is 0.254. The lowest BCUT2D eigenvalue weighted by Gasteiger charge is -2.20. The quantitative estimate of drug-likeness (QED) is 0.745. The molecule has 0 radical (unpaired) electrons. The topological polar surface area (TPSA) is 41.5 Å². The molecule has 3 nitrogen and oxygen atoms in total. The number of nitrogens with one attached hydrogen (secondary N) is 1. The molecule has 0 saturated heterocycles. The molecule has 15 heavy (non-hydrogen) atoms. The van der Waals surface area contributed by atoms with Crippen molar-refractivity contribution in [1.29, 1.82) is 0 Å². The zero-order chi connectivity index (χ0) is 10.5. The normalized spacial score (nSPS) is 19.6. The monoisotopic (exact) mass is 205 g/mol. The van der Waals surface area contributed by atoms with Crippen LogP contribution in [0, 0.1) is 0 Å². The molecule has 1 atom stereocenters. The van der Waals surface area contributed by atoms with E-state index in [1.54, 1.807) is 18.4 Å². The number of phenolic OH excluding ortho intramolecular Hbond substituents is 1. The summed E-state index contributed by atoms with van der Waals surface area (Å²) in [5.74, 6) is 0.289. The Hall–Kier alpha value is -1.64. The molecule has 80 valence electrons. The second-order valence-electron chi connectivity index (χ2n) is 3.64. The fourth-order valence-electron chi connectivity index (χ4n) is 1.55. The highest BCUT2D eigenvalue weighted by Gasteiger charge is 2.09. The number of rotatable bonds is 3. The van der Waals surface area contributed by atoms with Gasteiger partial charge in [-0.2, -0.15) is 0 Å². The molecule has 1 aromatic rings. The average molecular weight is 205 g/mol. The smallest absolute Gasteiger partial charge is 0.115 e.